The second-order valence-corrected chi connectivity index (χ2v) is 6.24. The van der Waals surface area contributed by atoms with E-state index in [0.717, 1.165) is 58.7 Å². The number of carbonyl (C=O) groups is 1. The summed E-state index contributed by atoms with van der Waals surface area (Å²) in [7, 11) is 0. The summed E-state index contributed by atoms with van der Waals surface area (Å²) in [6, 6.07) is 0. The first-order valence-electron chi connectivity index (χ1n) is 8.52. The number of carboxylic acids is 1. The van der Waals surface area contributed by atoms with E-state index in [4.69, 9.17) is 9.84 Å². The standard InChI is InChI=1S/C17H29N3O3/c1-15-5-6-18-16(14-15)23-13-12-20-10-8-19(9-11-20)7-3-2-4-17(21)22/h5-6,14,16,18H,2-4,7-13H2,1H3,(H,21,22). The minimum Gasteiger partial charge on any atom is -0.481 e. The zero-order valence-electron chi connectivity index (χ0n) is 14.0. The molecule has 23 heavy (non-hydrogen) atoms. The quantitative estimate of drug-likeness (QED) is 0.623. The van der Waals surface area contributed by atoms with E-state index in [9.17, 15) is 4.79 Å². The lowest BCUT2D eigenvalue weighted by Gasteiger charge is -2.34. The van der Waals surface area contributed by atoms with Gasteiger partial charge in [-0.2, -0.15) is 0 Å². The summed E-state index contributed by atoms with van der Waals surface area (Å²) in [5.41, 5.74) is 1.23. The molecule has 2 aliphatic rings. The molecule has 2 N–H and O–H groups in total. The number of piperazine rings is 1. The van der Waals surface area contributed by atoms with Gasteiger partial charge in [0.25, 0.3) is 0 Å². The number of carboxylic acid groups (broad SMARTS) is 1. The van der Waals surface area contributed by atoms with E-state index in [0.29, 0.717) is 0 Å². The third kappa shape index (κ3) is 7.16. The van der Waals surface area contributed by atoms with Gasteiger partial charge in [0.2, 0.25) is 0 Å². The number of hydrogen-bond donors (Lipinski definition) is 2. The van der Waals surface area contributed by atoms with Gasteiger partial charge in [0.15, 0.2) is 0 Å². The van der Waals surface area contributed by atoms with E-state index in [-0.39, 0.29) is 12.6 Å². The first-order chi connectivity index (χ1) is 11.1. The summed E-state index contributed by atoms with van der Waals surface area (Å²) >= 11 is 0. The fourth-order valence-corrected chi connectivity index (χ4v) is 2.87. The summed E-state index contributed by atoms with van der Waals surface area (Å²) < 4.78 is 5.84. The fourth-order valence-electron chi connectivity index (χ4n) is 2.87. The highest BCUT2D eigenvalue weighted by Gasteiger charge is 2.16. The van der Waals surface area contributed by atoms with Crippen LogP contribution in [0.25, 0.3) is 0 Å². The third-order valence-corrected chi connectivity index (χ3v) is 4.31. The molecular formula is C17H29N3O3. The van der Waals surface area contributed by atoms with Crippen LogP contribution in [-0.2, 0) is 9.53 Å². The molecule has 0 bridgehead atoms. The first kappa shape index (κ1) is 18.0. The Morgan fingerprint density at radius 2 is 1.96 bits per heavy atom. The third-order valence-electron chi connectivity index (χ3n) is 4.31. The maximum atomic E-state index is 10.5. The molecule has 0 amide bonds. The fraction of sp³-hybridized carbons (Fsp3) is 0.706. The molecule has 1 atom stereocenters. The zero-order chi connectivity index (χ0) is 16.5. The smallest absolute Gasteiger partial charge is 0.303 e. The lowest BCUT2D eigenvalue weighted by molar-refractivity contribution is -0.137. The van der Waals surface area contributed by atoms with Crippen molar-refractivity contribution in [2.24, 2.45) is 0 Å². The van der Waals surface area contributed by atoms with E-state index >= 15 is 0 Å². The monoisotopic (exact) mass is 323 g/mol. The van der Waals surface area contributed by atoms with Gasteiger partial charge in [0, 0.05) is 39.1 Å². The van der Waals surface area contributed by atoms with Gasteiger partial charge in [-0.1, -0.05) is 0 Å². The Labute approximate surface area is 138 Å². The lowest BCUT2D eigenvalue weighted by Crippen LogP contribution is -2.47. The van der Waals surface area contributed by atoms with Gasteiger partial charge in [-0.05, 0) is 50.2 Å². The summed E-state index contributed by atoms with van der Waals surface area (Å²) in [4.78, 5) is 15.3. The van der Waals surface area contributed by atoms with Gasteiger partial charge in [-0.15, -0.1) is 0 Å². The van der Waals surface area contributed by atoms with Crippen LogP contribution >= 0.6 is 0 Å². The Hall–Kier alpha value is -1.37. The predicted octanol–water partition coefficient (Wildman–Crippen LogP) is 1.26. The highest BCUT2D eigenvalue weighted by atomic mass is 16.5. The largest absolute Gasteiger partial charge is 0.481 e. The molecule has 0 aromatic rings. The van der Waals surface area contributed by atoms with Crippen LogP contribution in [0.5, 0.6) is 0 Å². The van der Waals surface area contributed by atoms with Crippen LogP contribution < -0.4 is 5.32 Å². The molecule has 2 aliphatic heterocycles. The number of dihydropyridines is 1. The molecule has 0 saturated carbocycles. The number of ether oxygens (including phenoxy) is 1. The zero-order valence-corrected chi connectivity index (χ0v) is 14.0. The van der Waals surface area contributed by atoms with E-state index in [1.165, 1.54) is 5.57 Å². The van der Waals surface area contributed by atoms with E-state index in [1.54, 1.807) is 0 Å². The summed E-state index contributed by atoms with van der Waals surface area (Å²) in [5, 5.41) is 11.8. The van der Waals surface area contributed by atoms with Crippen molar-refractivity contribution >= 4 is 5.97 Å². The van der Waals surface area contributed by atoms with Gasteiger partial charge in [-0.3, -0.25) is 9.69 Å². The molecule has 6 heteroatoms. The summed E-state index contributed by atoms with van der Waals surface area (Å²) in [6.07, 6.45) is 8.10. The molecular weight excluding hydrogens is 294 g/mol. The molecule has 0 spiro atoms. The number of hydrogen-bond acceptors (Lipinski definition) is 5. The van der Waals surface area contributed by atoms with Crippen molar-refractivity contribution < 1.29 is 14.6 Å². The van der Waals surface area contributed by atoms with Gasteiger partial charge in [0.1, 0.15) is 6.23 Å². The molecule has 0 radical (unpaired) electrons. The SMILES string of the molecule is CC1=CC(OCCN2CCN(CCCCC(=O)O)CC2)NC=C1. The van der Waals surface area contributed by atoms with Gasteiger partial charge < -0.3 is 20.1 Å². The number of allylic oxidation sites excluding steroid dienone is 2. The number of nitrogens with one attached hydrogen (secondary N) is 1. The second kappa shape index (κ2) is 9.70. The molecule has 2 heterocycles. The molecule has 0 aromatic heterocycles. The molecule has 1 unspecified atom stereocenters. The van der Waals surface area contributed by atoms with Crippen molar-refractivity contribution in [1.29, 1.82) is 0 Å². The first-order valence-corrected chi connectivity index (χ1v) is 8.52. The van der Waals surface area contributed by atoms with E-state index in [1.807, 2.05) is 12.3 Å². The van der Waals surface area contributed by atoms with Crippen LogP contribution in [0.1, 0.15) is 26.2 Å². The van der Waals surface area contributed by atoms with Crippen molar-refractivity contribution in [3.63, 3.8) is 0 Å². The average molecular weight is 323 g/mol. The minimum absolute atomic E-state index is 0.00414. The molecule has 1 fully saturated rings. The van der Waals surface area contributed by atoms with Crippen LogP contribution in [0.4, 0.5) is 0 Å². The Morgan fingerprint density at radius 3 is 2.61 bits per heavy atom. The van der Waals surface area contributed by atoms with Crippen LogP contribution in [0, 0.1) is 0 Å². The van der Waals surface area contributed by atoms with Crippen LogP contribution in [-0.4, -0.2) is 73.0 Å². The average Bonchev–Trinajstić information content (AvgIpc) is 2.53. The lowest BCUT2D eigenvalue weighted by atomic mass is 10.2. The molecule has 130 valence electrons. The Morgan fingerprint density at radius 1 is 1.26 bits per heavy atom. The minimum atomic E-state index is -0.692. The van der Waals surface area contributed by atoms with Crippen LogP contribution in [0.3, 0.4) is 0 Å². The number of nitrogens with zero attached hydrogens (tertiary/aromatic N) is 2. The van der Waals surface area contributed by atoms with Crippen molar-refractivity contribution in [3.8, 4) is 0 Å². The van der Waals surface area contributed by atoms with Gasteiger partial charge >= 0.3 is 5.97 Å². The van der Waals surface area contributed by atoms with E-state index < -0.39 is 5.97 Å². The van der Waals surface area contributed by atoms with Gasteiger partial charge in [-0.25, -0.2) is 0 Å². The summed E-state index contributed by atoms with van der Waals surface area (Å²) in [6.45, 7) is 9.04. The maximum absolute atomic E-state index is 10.5. The van der Waals surface area contributed by atoms with Gasteiger partial charge in [0.05, 0.1) is 6.61 Å². The normalized spacial score (nSPS) is 22.7. The topological polar surface area (TPSA) is 65.0 Å². The molecule has 2 rings (SSSR count). The molecule has 0 aromatic carbocycles. The highest BCUT2D eigenvalue weighted by Crippen LogP contribution is 2.07. The predicted molar refractivity (Wildman–Crippen MR) is 90.1 cm³/mol. The summed E-state index contributed by atoms with van der Waals surface area (Å²) in [5.74, 6) is -0.692. The number of unbranched alkanes of at least 4 members (excludes halogenated alkanes) is 1. The number of aliphatic carboxylic acids is 1. The Kier molecular flexibility index (Phi) is 7.58. The van der Waals surface area contributed by atoms with Crippen molar-refractivity contribution in [3.05, 3.63) is 23.9 Å². The van der Waals surface area contributed by atoms with Crippen LogP contribution in [0.2, 0.25) is 0 Å². The Balaban J connectivity index is 1.51. The molecule has 6 nitrogen and oxygen atoms in total. The Bertz CT molecular complexity index is 429. The number of rotatable bonds is 9. The molecule has 1 saturated heterocycles. The van der Waals surface area contributed by atoms with Crippen molar-refractivity contribution in [2.45, 2.75) is 32.4 Å². The van der Waals surface area contributed by atoms with Crippen molar-refractivity contribution in [1.82, 2.24) is 15.1 Å². The highest BCUT2D eigenvalue weighted by molar-refractivity contribution is 5.66. The van der Waals surface area contributed by atoms with Crippen LogP contribution in [0.15, 0.2) is 23.9 Å². The maximum Gasteiger partial charge on any atom is 0.303 e. The second-order valence-electron chi connectivity index (χ2n) is 6.24. The molecule has 0 aliphatic carbocycles. The van der Waals surface area contributed by atoms with Crippen molar-refractivity contribution in [2.75, 3.05) is 45.9 Å². The van der Waals surface area contributed by atoms with E-state index in [2.05, 4.69) is 28.1 Å².